The quantitative estimate of drug-likeness (QED) is 0.360. The average Bonchev–Trinajstić information content (AvgIpc) is 3.01. The van der Waals surface area contributed by atoms with Crippen molar-refractivity contribution in [2.45, 2.75) is 27.2 Å². The minimum absolute atomic E-state index is 0.0444. The Kier molecular flexibility index (Phi) is 7.90. The molecule has 1 heterocycles. The summed E-state index contributed by atoms with van der Waals surface area (Å²) in [5, 5.41) is 13.7. The molecule has 0 fully saturated rings. The first-order valence-electron chi connectivity index (χ1n) is 8.89. The molecule has 0 saturated heterocycles. The molecule has 0 atom stereocenters. The largest absolute Gasteiger partial charge is 0.462 e. The van der Waals surface area contributed by atoms with Gasteiger partial charge >= 0.3 is 11.9 Å². The van der Waals surface area contributed by atoms with Gasteiger partial charge in [-0.05, 0) is 31.9 Å². The second-order valence-corrected chi connectivity index (χ2v) is 7.49. The molecule has 30 heavy (non-hydrogen) atoms. The number of aryl methyl sites for hydroxylation is 1. The summed E-state index contributed by atoms with van der Waals surface area (Å²) in [6.07, 6.45) is 0.666. The minimum Gasteiger partial charge on any atom is -0.462 e. The summed E-state index contributed by atoms with van der Waals surface area (Å²) in [5.74, 6) is -2.22. The zero-order chi connectivity index (χ0) is 22.4. The molecule has 0 saturated carbocycles. The molecule has 160 valence electrons. The van der Waals surface area contributed by atoms with Crippen LogP contribution in [0.1, 0.15) is 45.0 Å². The van der Waals surface area contributed by atoms with E-state index in [1.807, 2.05) is 6.92 Å². The Bertz CT molecular complexity index is 1000. The van der Waals surface area contributed by atoms with E-state index in [1.54, 1.807) is 13.8 Å². The smallest absolute Gasteiger partial charge is 0.341 e. The zero-order valence-electron chi connectivity index (χ0n) is 16.4. The molecule has 1 aromatic heterocycles. The fraction of sp³-hybridized carbons (Fsp3) is 0.316. The van der Waals surface area contributed by atoms with Crippen LogP contribution in [0.3, 0.4) is 0 Å². The molecule has 0 bridgehead atoms. The molecule has 0 spiro atoms. The van der Waals surface area contributed by atoms with Gasteiger partial charge in [0.1, 0.15) is 5.00 Å². The van der Waals surface area contributed by atoms with Crippen LogP contribution in [0.5, 0.6) is 0 Å². The summed E-state index contributed by atoms with van der Waals surface area (Å²) >= 11 is 7.13. The topological polar surface area (TPSA) is 125 Å². The van der Waals surface area contributed by atoms with Gasteiger partial charge in [0.05, 0.1) is 27.7 Å². The zero-order valence-corrected chi connectivity index (χ0v) is 18.0. The normalized spacial score (nSPS) is 10.4. The Morgan fingerprint density at radius 3 is 2.50 bits per heavy atom. The summed E-state index contributed by atoms with van der Waals surface area (Å²) < 4.78 is 9.97. The lowest BCUT2D eigenvalue weighted by Gasteiger charge is -2.08. The highest BCUT2D eigenvalue weighted by atomic mass is 35.5. The van der Waals surface area contributed by atoms with Crippen molar-refractivity contribution >= 4 is 51.5 Å². The maximum Gasteiger partial charge on any atom is 0.341 e. The number of anilines is 1. The van der Waals surface area contributed by atoms with Crippen LogP contribution in [0, 0.1) is 17.0 Å². The van der Waals surface area contributed by atoms with E-state index >= 15 is 0 Å². The summed E-state index contributed by atoms with van der Waals surface area (Å²) in [4.78, 5) is 47.8. The van der Waals surface area contributed by atoms with Crippen LogP contribution < -0.4 is 5.32 Å². The molecule has 1 N–H and O–H groups in total. The Balaban J connectivity index is 2.12. The third-order valence-corrected chi connectivity index (χ3v) is 5.70. The van der Waals surface area contributed by atoms with Gasteiger partial charge in [0.15, 0.2) is 6.61 Å². The maximum atomic E-state index is 12.3. The molecular formula is C19H19ClN2O7S. The predicted molar refractivity (Wildman–Crippen MR) is 111 cm³/mol. The Morgan fingerprint density at radius 1 is 1.20 bits per heavy atom. The van der Waals surface area contributed by atoms with Crippen LogP contribution in [0.2, 0.25) is 5.02 Å². The molecule has 0 unspecified atom stereocenters. The van der Waals surface area contributed by atoms with E-state index in [1.165, 1.54) is 17.4 Å². The van der Waals surface area contributed by atoms with Crippen molar-refractivity contribution in [3.63, 3.8) is 0 Å². The van der Waals surface area contributed by atoms with Gasteiger partial charge in [-0.3, -0.25) is 14.9 Å². The second-order valence-electron chi connectivity index (χ2n) is 5.97. The van der Waals surface area contributed by atoms with Crippen LogP contribution in [0.15, 0.2) is 18.2 Å². The molecule has 2 aromatic rings. The summed E-state index contributed by atoms with van der Waals surface area (Å²) in [6, 6.07) is 3.31. The number of ether oxygens (including phenoxy) is 2. The second kappa shape index (κ2) is 10.2. The number of halogens is 1. The number of hydrogen-bond acceptors (Lipinski definition) is 8. The van der Waals surface area contributed by atoms with Crippen LogP contribution in [-0.2, 0) is 20.7 Å². The van der Waals surface area contributed by atoms with Crippen LogP contribution >= 0.6 is 22.9 Å². The number of carbonyl (C=O) groups excluding carboxylic acids is 3. The van der Waals surface area contributed by atoms with Crippen LogP contribution in [0.25, 0.3) is 0 Å². The van der Waals surface area contributed by atoms with E-state index in [0.717, 1.165) is 22.6 Å². The first kappa shape index (κ1) is 23.3. The van der Waals surface area contributed by atoms with E-state index in [-0.39, 0.29) is 28.4 Å². The summed E-state index contributed by atoms with van der Waals surface area (Å²) in [7, 11) is 0. The Hall–Kier alpha value is -2.98. The maximum absolute atomic E-state index is 12.3. The molecule has 11 heteroatoms. The van der Waals surface area contributed by atoms with Crippen LogP contribution in [-0.4, -0.2) is 36.0 Å². The van der Waals surface area contributed by atoms with Gasteiger partial charge in [-0.25, -0.2) is 9.59 Å². The van der Waals surface area contributed by atoms with Gasteiger partial charge in [0, 0.05) is 17.0 Å². The highest BCUT2D eigenvalue weighted by Crippen LogP contribution is 2.34. The fourth-order valence-corrected chi connectivity index (χ4v) is 3.93. The molecule has 0 aliphatic carbocycles. The summed E-state index contributed by atoms with van der Waals surface area (Å²) in [6.45, 7) is 4.88. The number of benzene rings is 1. The number of amides is 1. The molecule has 9 nitrogen and oxygen atoms in total. The molecule has 0 aliphatic rings. The van der Waals surface area contributed by atoms with Gasteiger partial charge in [-0.15, -0.1) is 11.3 Å². The SMILES string of the molecule is CCOC(=O)c1c(NC(=O)COC(=O)c2cc([N+](=O)[O-])ccc2Cl)sc(CC)c1C. The van der Waals surface area contributed by atoms with Crippen molar-refractivity contribution in [1.29, 1.82) is 0 Å². The fourth-order valence-electron chi connectivity index (χ4n) is 2.59. The number of non-ortho nitro benzene ring substituents is 1. The molecule has 2 rings (SSSR count). The number of hydrogen-bond donors (Lipinski definition) is 1. The lowest BCUT2D eigenvalue weighted by Crippen LogP contribution is -2.22. The number of nitrogens with zero attached hydrogens (tertiary/aromatic N) is 1. The molecular weight excluding hydrogens is 436 g/mol. The van der Waals surface area contributed by atoms with Gasteiger partial charge in [0.25, 0.3) is 11.6 Å². The van der Waals surface area contributed by atoms with Gasteiger partial charge in [-0.2, -0.15) is 0 Å². The van der Waals surface area contributed by atoms with E-state index in [0.29, 0.717) is 11.4 Å². The number of nitro groups is 1. The highest BCUT2D eigenvalue weighted by Gasteiger charge is 2.24. The van der Waals surface area contributed by atoms with Crippen LogP contribution in [0.4, 0.5) is 10.7 Å². The van der Waals surface area contributed by atoms with Gasteiger partial charge in [0.2, 0.25) is 0 Å². The third-order valence-electron chi connectivity index (χ3n) is 4.01. The average molecular weight is 455 g/mol. The minimum atomic E-state index is -0.985. The Labute approximate surface area is 181 Å². The molecule has 0 aliphatic heterocycles. The van der Waals surface area contributed by atoms with Crippen molar-refractivity contribution in [1.82, 2.24) is 0 Å². The first-order chi connectivity index (χ1) is 14.2. The number of nitrogens with one attached hydrogen (secondary N) is 1. The summed E-state index contributed by atoms with van der Waals surface area (Å²) in [5.41, 5.74) is 0.416. The number of nitro benzene ring substituents is 1. The monoisotopic (exact) mass is 454 g/mol. The Morgan fingerprint density at radius 2 is 1.90 bits per heavy atom. The van der Waals surface area contributed by atoms with Crippen molar-refractivity contribution in [2.24, 2.45) is 0 Å². The van der Waals surface area contributed by atoms with E-state index in [2.05, 4.69) is 5.32 Å². The van der Waals surface area contributed by atoms with Crippen molar-refractivity contribution < 1.29 is 28.8 Å². The molecule has 1 aromatic carbocycles. The first-order valence-corrected chi connectivity index (χ1v) is 10.1. The van der Waals surface area contributed by atoms with Gasteiger partial charge < -0.3 is 14.8 Å². The van der Waals surface area contributed by atoms with E-state index < -0.39 is 29.4 Å². The van der Waals surface area contributed by atoms with E-state index in [9.17, 15) is 24.5 Å². The third kappa shape index (κ3) is 5.33. The number of rotatable bonds is 8. The lowest BCUT2D eigenvalue weighted by molar-refractivity contribution is -0.384. The predicted octanol–water partition coefficient (Wildman–Crippen LogP) is 4.15. The number of thiophene rings is 1. The van der Waals surface area contributed by atoms with Crippen molar-refractivity contribution in [2.75, 3.05) is 18.5 Å². The van der Waals surface area contributed by atoms with E-state index in [4.69, 9.17) is 21.1 Å². The highest BCUT2D eigenvalue weighted by molar-refractivity contribution is 7.17. The standard InChI is InChI=1S/C19H19ClN2O7S/c1-4-14-10(3)16(19(25)28-5-2)17(30-14)21-15(23)9-29-18(24)12-8-11(22(26)27)6-7-13(12)20/h6-8H,4-5,9H2,1-3H3,(H,21,23). The van der Waals surface area contributed by atoms with Crippen molar-refractivity contribution in [3.05, 3.63) is 54.9 Å². The number of esters is 2. The van der Waals surface area contributed by atoms with Crippen molar-refractivity contribution in [3.8, 4) is 0 Å². The van der Waals surface area contributed by atoms with Gasteiger partial charge in [-0.1, -0.05) is 18.5 Å². The lowest BCUT2D eigenvalue weighted by atomic mass is 10.1. The molecule has 0 radical (unpaired) electrons. The number of carbonyl (C=O) groups is 3. The molecule has 1 amide bonds.